The second-order valence-electron chi connectivity index (χ2n) is 3.93. The molecule has 2 aromatic heterocycles. The molecule has 3 rings (SSSR count). The van der Waals surface area contributed by atoms with Gasteiger partial charge in [0.05, 0.1) is 6.33 Å². The zero-order valence-corrected chi connectivity index (χ0v) is 10.6. The molecule has 96 valence electrons. The van der Waals surface area contributed by atoms with Crippen molar-refractivity contribution >= 4 is 22.8 Å². The summed E-state index contributed by atoms with van der Waals surface area (Å²) in [6.45, 7) is 1.84. The van der Waals surface area contributed by atoms with E-state index in [0.29, 0.717) is 11.2 Å². The van der Waals surface area contributed by atoms with Gasteiger partial charge >= 0.3 is 0 Å². The van der Waals surface area contributed by atoms with Gasteiger partial charge in [-0.2, -0.15) is 9.97 Å². The van der Waals surface area contributed by atoms with E-state index in [0.717, 1.165) is 5.56 Å². The standard InChI is InChI=1S/C12H8ClFN4O/c1-6-2-3-7(14)8(4-6)19-11-9-10(16-5-15-9)17-12(13)18-11/h2-5H,1H3,(H,15,16,17,18). The number of fused-ring (bicyclic) bond motifs is 1. The minimum absolute atomic E-state index is 0.0114. The monoisotopic (exact) mass is 278 g/mol. The number of nitrogens with zero attached hydrogens (tertiary/aromatic N) is 3. The predicted octanol–water partition coefficient (Wildman–Crippen LogP) is 3.25. The molecule has 5 nitrogen and oxygen atoms in total. The highest BCUT2D eigenvalue weighted by Crippen LogP contribution is 2.28. The van der Waals surface area contributed by atoms with Crippen LogP contribution in [0, 0.1) is 12.7 Å². The molecule has 0 radical (unpaired) electrons. The summed E-state index contributed by atoms with van der Waals surface area (Å²) in [7, 11) is 0. The number of hydrogen-bond donors (Lipinski definition) is 1. The lowest BCUT2D eigenvalue weighted by molar-refractivity contribution is 0.430. The van der Waals surface area contributed by atoms with Crippen molar-refractivity contribution in [2.45, 2.75) is 6.92 Å². The predicted molar refractivity (Wildman–Crippen MR) is 67.9 cm³/mol. The topological polar surface area (TPSA) is 63.7 Å². The van der Waals surface area contributed by atoms with Crippen molar-refractivity contribution in [2.75, 3.05) is 0 Å². The Balaban J connectivity index is 2.10. The first-order valence-electron chi connectivity index (χ1n) is 5.44. The molecule has 1 N–H and O–H groups in total. The molecule has 19 heavy (non-hydrogen) atoms. The number of hydrogen-bond acceptors (Lipinski definition) is 4. The molecular formula is C12H8ClFN4O. The van der Waals surface area contributed by atoms with Crippen molar-refractivity contribution in [3.8, 4) is 11.6 Å². The van der Waals surface area contributed by atoms with E-state index in [-0.39, 0.29) is 16.9 Å². The van der Waals surface area contributed by atoms with Crippen LogP contribution in [-0.4, -0.2) is 19.9 Å². The van der Waals surface area contributed by atoms with E-state index < -0.39 is 5.82 Å². The quantitative estimate of drug-likeness (QED) is 0.731. The highest BCUT2D eigenvalue weighted by atomic mass is 35.5. The van der Waals surface area contributed by atoms with Crippen molar-refractivity contribution in [3.63, 3.8) is 0 Å². The maximum atomic E-state index is 13.7. The maximum absolute atomic E-state index is 13.7. The average Bonchev–Trinajstić information content (AvgIpc) is 2.82. The third-order valence-electron chi connectivity index (χ3n) is 2.52. The number of imidazole rings is 1. The molecule has 3 aromatic rings. The normalized spacial score (nSPS) is 10.9. The molecule has 0 saturated heterocycles. The van der Waals surface area contributed by atoms with Gasteiger partial charge in [-0.05, 0) is 36.2 Å². The number of nitrogens with one attached hydrogen (secondary N) is 1. The summed E-state index contributed by atoms with van der Waals surface area (Å²) in [5, 5.41) is -0.0114. The molecule has 0 bridgehead atoms. The summed E-state index contributed by atoms with van der Waals surface area (Å²) in [4.78, 5) is 14.6. The van der Waals surface area contributed by atoms with Crippen LogP contribution in [0.4, 0.5) is 4.39 Å². The van der Waals surface area contributed by atoms with E-state index in [4.69, 9.17) is 16.3 Å². The van der Waals surface area contributed by atoms with Crippen LogP contribution < -0.4 is 4.74 Å². The third-order valence-corrected chi connectivity index (χ3v) is 2.69. The minimum atomic E-state index is -0.479. The first-order valence-corrected chi connectivity index (χ1v) is 5.82. The van der Waals surface area contributed by atoms with Crippen molar-refractivity contribution in [2.24, 2.45) is 0 Å². The molecule has 0 spiro atoms. The molecule has 7 heteroatoms. The number of H-pyrrole nitrogens is 1. The summed E-state index contributed by atoms with van der Waals surface area (Å²) >= 11 is 5.77. The Morgan fingerprint density at radius 3 is 3.00 bits per heavy atom. The van der Waals surface area contributed by atoms with E-state index >= 15 is 0 Å². The van der Waals surface area contributed by atoms with Gasteiger partial charge in [-0.1, -0.05) is 6.07 Å². The Hall–Kier alpha value is -2.21. The first kappa shape index (κ1) is 11.9. The molecule has 0 aliphatic rings. The van der Waals surface area contributed by atoms with Crippen LogP contribution in [0.3, 0.4) is 0 Å². The SMILES string of the molecule is Cc1ccc(F)c(Oc2nc(Cl)nc3nc[nH]c23)c1. The number of aryl methyl sites for hydroxylation is 1. The molecule has 0 aliphatic heterocycles. The Labute approximate surface area is 112 Å². The van der Waals surface area contributed by atoms with Crippen molar-refractivity contribution < 1.29 is 9.13 Å². The molecule has 1 aromatic carbocycles. The fraction of sp³-hybridized carbons (Fsp3) is 0.0833. The zero-order chi connectivity index (χ0) is 13.4. The van der Waals surface area contributed by atoms with Gasteiger partial charge in [0.2, 0.25) is 11.2 Å². The number of rotatable bonds is 2. The molecule has 0 aliphatic carbocycles. The fourth-order valence-electron chi connectivity index (χ4n) is 1.65. The Kier molecular flexibility index (Phi) is 2.79. The van der Waals surface area contributed by atoms with Crippen LogP contribution in [0.15, 0.2) is 24.5 Å². The Morgan fingerprint density at radius 2 is 2.16 bits per heavy atom. The summed E-state index contributed by atoms with van der Waals surface area (Å²) < 4.78 is 19.1. The molecule has 0 atom stereocenters. The zero-order valence-electron chi connectivity index (χ0n) is 9.82. The lowest BCUT2D eigenvalue weighted by Gasteiger charge is -2.07. The third kappa shape index (κ3) is 2.22. The fourth-order valence-corrected chi connectivity index (χ4v) is 1.80. The number of ether oxygens (including phenoxy) is 1. The van der Waals surface area contributed by atoms with E-state index in [1.54, 1.807) is 12.1 Å². The average molecular weight is 279 g/mol. The van der Waals surface area contributed by atoms with Crippen LogP contribution in [0.5, 0.6) is 11.6 Å². The van der Waals surface area contributed by atoms with Gasteiger partial charge in [0.1, 0.15) is 5.52 Å². The van der Waals surface area contributed by atoms with E-state index in [9.17, 15) is 4.39 Å². The summed E-state index contributed by atoms with van der Waals surface area (Å²) in [5.74, 6) is -0.268. The maximum Gasteiger partial charge on any atom is 0.250 e. The lowest BCUT2D eigenvalue weighted by atomic mass is 10.2. The van der Waals surface area contributed by atoms with Gasteiger partial charge < -0.3 is 9.72 Å². The van der Waals surface area contributed by atoms with Crippen molar-refractivity contribution in [3.05, 3.63) is 41.2 Å². The van der Waals surface area contributed by atoms with Crippen LogP contribution in [0.25, 0.3) is 11.2 Å². The van der Waals surface area contributed by atoms with E-state index in [1.165, 1.54) is 12.4 Å². The summed E-state index contributed by atoms with van der Waals surface area (Å²) in [6.07, 6.45) is 1.44. The van der Waals surface area contributed by atoms with Crippen LogP contribution >= 0.6 is 11.6 Å². The van der Waals surface area contributed by atoms with Gasteiger partial charge in [0.15, 0.2) is 17.2 Å². The second-order valence-corrected chi connectivity index (χ2v) is 4.27. The molecule has 0 unspecified atom stereocenters. The van der Waals surface area contributed by atoms with E-state index in [2.05, 4.69) is 19.9 Å². The van der Waals surface area contributed by atoms with Crippen molar-refractivity contribution in [1.82, 2.24) is 19.9 Å². The molecule has 0 fully saturated rings. The second kappa shape index (κ2) is 4.47. The summed E-state index contributed by atoms with van der Waals surface area (Å²) in [6, 6.07) is 4.56. The number of aromatic nitrogens is 4. The lowest BCUT2D eigenvalue weighted by Crippen LogP contribution is -1.95. The van der Waals surface area contributed by atoms with Crippen LogP contribution in [0.1, 0.15) is 5.56 Å². The highest BCUT2D eigenvalue weighted by molar-refractivity contribution is 6.28. The summed E-state index contributed by atoms with van der Waals surface area (Å²) in [5.41, 5.74) is 1.70. The van der Waals surface area contributed by atoms with Gasteiger partial charge in [0.25, 0.3) is 0 Å². The van der Waals surface area contributed by atoms with Crippen molar-refractivity contribution in [1.29, 1.82) is 0 Å². The van der Waals surface area contributed by atoms with E-state index in [1.807, 2.05) is 6.92 Å². The molecule has 0 amide bonds. The molecule has 0 saturated carbocycles. The van der Waals surface area contributed by atoms with Gasteiger partial charge in [0, 0.05) is 0 Å². The number of benzene rings is 1. The smallest absolute Gasteiger partial charge is 0.250 e. The Bertz CT molecular complexity index is 759. The van der Waals surface area contributed by atoms with Gasteiger partial charge in [-0.25, -0.2) is 9.37 Å². The first-order chi connectivity index (χ1) is 9.13. The van der Waals surface area contributed by atoms with Gasteiger partial charge in [-0.15, -0.1) is 0 Å². The van der Waals surface area contributed by atoms with Gasteiger partial charge in [-0.3, -0.25) is 0 Å². The Morgan fingerprint density at radius 1 is 1.32 bits per heavy atom. The largest absolute Gasteiger partial charge is 0.434 e. The molecular weight excluding hydrogens is 271 g/mol. The minimum Gasteiger partial charge on any atom is -0.434 e. The number of aromatic amines is 1. The van der Waals surface area contributed by atoms with Crippen LogP contribution in [0.2, 0.25) is 5.28 Å². The van der Waals surface area contributed by atoms with Crippen LogP contribution in [-0.2, 0) is 0 Å². The highest BCUT2D eigenvalue weighted by Gasteiger charge is 2.13. The number of halogens is 2. The molecule has 2 heterocycles.